The Morgan fingerprint density at radius 3 is 1.57 bits per heavy atom. The molecule has 0 saturated carbocycles. The van der Waals surface area contributed by atoms with E-state index in [1.165, 1.54) is 57.8 Å². The zero-order valence-corrected chi connectivity index (χ0v) is 37.4. The number of hydrogen-bond acceptors (Lipinski definition) is 5. The minimum atomic E-state index is -0.813. The normalized spacial score (nSPS) is 14.2. The molecule has 6 nitrogen and oxygen atoms in total. The molecule has 0 aromatic rings. The van der Waals surface area contributed by atoms with Crippen LogP contribution in [-0.4, -0.2) is 46.9 Å². The fraction of sp³-hybridized carbons (Fsp3) is 0.654. The SMILES string of the molecule is CC/C=C/C=C/C=C\CCCCCC(CC(=O)NC(CO)C(O)CCCCCCCCCCCCCC)OC(=O)CC/C=C/C/C=C/C/C=C/C/C=C/C/C=C/CC. The van der Waals surface area contributed by atoms with Crippen LogP contribution in [0.25, 0.3) is 0 Å². The van der Waals surface area contributed by atoms with Gasteiger partial charge in [-0.05, 0) is 77.0 Å². The zero-order valence-electron chi connectivity index (χ0n) is 37.4. The molecule has 330 valence electrons. The molecule has 0 bridgehead atoms. The lowest BCUT2D eigenvalue weighted by Gasteiger charge is -2.24. The predicted molar refractivity (Wildman–Crippen MR) is 250 cm³/mol. The minimum absolute atomic E-state index is 0.0191. The summed E-state index contributed by atoms with van der Waals surface area (Å²) < 4.78 is 5.84. The van der Waals surface area contributed by atoms with Crippen LogP contribution in [0.4, 0.5) is 0 Å². The summed E-state index contributed by atoms with van der Waals surface area (Å²) in [5, 5.41) is 23.6. The molecule has 0 heterocycles. The first kappa shape index (κ1) is 54.8. The first-order valence-corrected chi connectivity index (χ1v) is 23.5. The molecular weight excluding hydrogens is 719 g/mol. The molecule has 0 aromatic heterocycles. The van der Waals surface area contributed by atoms with Crippen molar-refractivity contribution >= 4 is 11.9 Å². The van der Waals surface area contributed by atoms with Crippen LogP contribution in [0.2, 0.25) is 0 Å². The third-order valence-corrected chi connectivity index (χ3v) is 9.98. The fourth-order valence-corrected chi connectivity index (χ4v) is 6.48. The molecule has 1 amide bonds. The fourth-order valence-electron chi connectivity index (χ4n) is 6.48. The summed E-state index contributed by atoms with van der Waals surface area (Å²) in [4.78, 5) is 26.0. The van der Waals surface area contributed by atoms with E-state index in [2.05, 4.69) is 105 Å². The number of rotatable bonds is 40. The van der Waals surface area contributed by atoms with E-state index in [1.54, 1.807) is 0 Å². The van der Waals surface area contributed by atoms with E-state index in [1.807, 2.05) is 18.2 Å². The average molecular weight is 806 g/mol. The second-order valence-corrected chi connectivity index (χ2v) is 15.5. The molecule has 58 heavy (non-hydrogen) atoms. The Kier molecular flexibility index (Phi) is 42.4. The lowest BCUT2D eigenvalue weighted by molar-refractivity contribution is -0.150. The Balaban J connectivity index is 4.74. The number of allylic oxidation sites excluding steroid dienone is 16. The summed E-state index contributed by atoms with van der Waals surface area (Å²) in [5.41, 5.74) is 0. The highest BCUT2D eigenvalue weighted by atomic mass is 16.5. The molecule has 0 rings (SSSR count). The van der Waals surface area contributed by atoms with Gasteiger partial charge in [-0.2, -0.15) is 0 Å². The summed E-state index contributed by atoms with van der Waals surface area (Å²) in [5.74, 6) is -0.619. The van der Waals surface area contributed by atoms with Gasteiger partial charge in [0.2, 0.25) is 5.91 Å². The molecule has 3 atom stereocenters. The minimum Gasteiger partial charge on any atom is -0.462 e. The van der Waals surface area contributed by atoms with Crippen LogP contribution in [0.5, 0.6) is 0 Å². The molecule has 0 aliphatic rings. The van der Waals surface area contributed by atoms with Gasteiger partial charge in [-0.15, -0.1) is 0 Å². The number of aliphatic hydroxyl groups excluding tert-OH is 2. The van der Waals surface area contributed by atoms with Crippen molar-refractivity contribution in [3.8, 4) is 0 Å². The number of hydrogen-bond donors (Lipinski definition) is 3. The lowest BCUT2D eigenvalue weighted by Crippen LogP contribution is -2.46. The highest BCUT2D eigenvalue weighted by molar-refractivity contribution is 5.77. The largest absolute Gasteiger partial charge is 0.462 e. The van der Waals surface area contributed by atoms with Crippen LogP contribution in [0.1, 0.15) is 194 Å². The second-order valence-electron chi connectivity index (χ2n) is 15.5. The highest BCUT2D eigenvalue weighted by Gasteiger charge is 2.24. The van der Waals surface area contributed by atoms with Crippen LogP contribution in [-0.2, 0) is 14.3 Å². The standard InChI is InChI=1S/C52H87NO5/c1-4-7-10-13-16-19-22-24-25-26-27-30-33-36-39-42-45-52(57)58-48(43-40-37-34-31-28-21-18-15-12-9-6-3)46-51(56)53-49(47-54)50(55)44-41-38-35-32-29-23-20-17-14-11-8-5-2/h7,9-10,12,15-16,18-19,21,24-25,27-28,30,36,39,48-50,54-55H,4-6,8,11,13-14,17,20,22-23,26,29,31-35,37-38,40-47H2,1-3H3,(H,53,56)/b10-7+,12-9+,18-15+,19-16+,25-24+,28-21-,30-27+,39-36+. The first-order valence-electron chi connectivity index (χ1n) is 23.5. The maximum absolute atomic E-state index is 13.1. The van der Waals surface area contributed by atoms with Crippen molar-refractivity contribution < 1.29 is 24.5 Å². The van der Waals surface area contributed by atoms with Gasteiger partial charge in [0.15, 0.2) is 0 Å². The monoisotopic (exact) mass is 806 g/mol. The zero-order chi connectivity index (χ0) is 42.4. The quantitative estimate of drug-likeness (QED) is 0.0248. The number of ether oxygens (including phenoxy) is 1. The summed E-state index contributed by atoms with van der Waals surface area (Å²) in [7, 11) is 0. The molecule has 6 heteroatoms. The van der Waals surface area contributed by atoms with Crippen molar-refractivity contribution in [1.82, 2.24) is 5.32 Å². The maximum Gasteiger partial charge on any atom is 0.306 e. The van der Waals surface area contributed by atoms with Crippen molar-refractivity contribution in [1.29, 1.82) is 0 Å². The summed E-state index contributed by atoms with van der Waals surface area (Å²) in [6, 6.07) is -0.731. The average Bonchev–Trinajstić information content (AvgIpc) is 3.22. The van der Waals surface area contributed by atoms with E-state index in [4.69, 9.17) is 4.74 Å². The topological polar surface area (TPSA) is 95.9 Å². The van der Waals surface area contributed by atoms with E-state index < -0.39 is 18.2 Å². The molecule has 3 unspecified atom stereocenters. The predicted octanol–water partition coefficient (Wildman–Crippen LogP) is 13.8. The van der Waals surface area contributed by atoms with Gasteiger partial charge < -0.3 is 20.3 Å². The molecule has 0 fully saturated rings. The van der Waals surface area contributed by atoms with E-state index >= 15 is 0 Å². The molecule has 0 saturated heterocycles. The molecular formula is C52H87NO5. The van der Waals surface area contributed by atoms with Gasteiger partial charge in [-0.3, -0.25) is 9.59 Å². The number of amides is 1. The number of nitrogens with one attached hydrogen (secondary N) is 1. The third kappa shape index (κ3) is 39.6. The molecule has 0 aliphatic heterocycles. The number of carbonyl (C=O) groups excluding carboxylic acids is 2. The van der Waals surface area contributed by atoms with Crippen LogP contribution >= 0.6 is 0 Å². The van der Waals surface area contributed by atoms with Gasteiger partial charge in [0.25, 0.3) is 0 Å². The van der Waals surface area contributed by atoms with Crippen molar-refractivity contribution in [3.05, 3.63) is 97.2 Å². The molecule has 0 aliphatic carbocycles. The molecule has 0 aromatic carbocycles. The third-order valence-electron chi connectivity index (χ3n) is 9.98. The Hall–Kier alpha value is -3.22. The summed E-state index contributed by atoms with van der Waals surface area (Å²) in [6.45, 7) is 6.18. The van der Waals surface area contributed by atoms with E-state index in [-0.39, 0.29) is 31.3 Å². The van der Waals surface area contributed by atoms with Gasteiger partial charge in [0.05, 0.1) is 25.2 Å². The van der Waals surface area contributed by atoms with Gasteiger partial charge in [0, 0.05) is 6.42 Å². The van der Waals surface area contributed by atoms with E-state index in [0.717, 1.165) is 83.5 Å². The Labute approximate surface area is 356 Å². The van der Waals surface area contributed by atoms with Gasteiger partial charge >= 0.3 is 5.97 Å². The van der Waals surface area contributed by atoms with Gasteiger partial charge in [0.1, 0.15) is 6.10 Å². The van der Waals surface area contributed by atoms with Crippen molar-refractivity contribution in [2.75, 3.05) is 6.61 Å². The molecule has 0 spiro atoms. The van der Waals surface area contributed by atoms with Gasteiger partial charge in [-0.1, -0.05) is 201 Å². The Morgan fingerprint density at radius 2 is 1.02 bits per heavy atom. The first-order chi connectivity index (χ1) is 28.5. The second kappa shape index (κ2) is 44.9. The van der Waals surface area contributed by atoms with Crippen molar-refractivity contribution in [2.45, 2.75) is 212 Å². The van der Waals surface area contributed by atoms with Crippen molar-refractivity contribution in [2.24, 2.45) is 0 Å². The Bertz CT molecular complexity index is 1180. The van der Waals surface area contributed by atoms with Crippen LogP contribution < -0.4 is 5.32 Å². The number of aliphatic hydroxyl groups is 2. The van der Waals surface area contributed by atoms with Crippen LogP contribution in [0.3, 0.4) is 0 Å². The molecule has 0 radical (unpaired) electrons. The van der Waals surface area contributed by atoms with Gasteiger partial charge in [-0.25, -0.2) is 0 Å². The van der Waals surface area contributed by atoms with Crippen LogP contribution in [0, 0.1) is 0 Å². The highest BCUT2D eigenvalue weighted by Crippen LogP contribution is 2.16. The van der Waals surface area contributed by atoms with E-state index in [0.29, 0.717) is 19.3 Å². The summed E-state index contributed by atoms with van der Waals surface area (Å²) in [6.07, 6.45) is 59.1. The Morgan fingerprint density at radius 1 is 0.534 bits per heavy atom. The number of esters is 1. The lowest BCUT2D eigenvalue weighted by atomic mass is 10.0. The van der Waals surface area contributed by atoms with E-state index in [9.17, 15) is 19.8 Å². The maximum atomic E-state index is 13.1. The molecule has 3 N–H and O–H groups in total. The van der Waals surface area contributed by atoms with Crippen LogP contribution in [0.15, 0.2) is 97.2 Å². The summed E-state index contributed by atoms with van der Waals surface area (Å²) >= 11 is 0. The van der Waals surface area contributed by atoms with Crippen molar-refractivity contribution in [3.63, 3.8) is 0 Å². The number of unbranched alkanes of at least 4 members (excludes halogenated alkanes) is 14. The number of carbonyl (C=O) groups is 2. The smallest absolute Gasteiger partial charge is 0.306 e.